The van der Waals surface area contributed by atoms with Gasteiger partial charge in [0.2, 0.25) is 0 Å². The van der Waals surface area contributed by atoms with E-state index in [-0.39, 0.29) is 24.0 Å². The van der Waals surface area contributed by atoms with Crippen LogP contribution in [0.25, 0.3) is 0 Å². The van der Waals surface area contributed by atoms with Gasteiger partial charge < -0.3 is 29.5 Å². The minimum Gasteiger partial charge on any atom is -0.493 e. The molecule has 180 valence electrons. The Morgan fingerprint density at radius 2 is 1.84 bits per heavy atom. The third-order valence-corrected chi connectivity index (χ3v) is 5.07. The Balaban J connectivity index is 0.00000512. The van der Waals surface area contributed by atoms with Gasteiger partial charge in [-0.25, -0.2) is 0 Å². The number of hydrogen-bond donors (Lipinski definition) is 2. The molecule has 0 aliphatic rings. The molecule has 0 bridgehead atoms. The molecular formula is C23H38IN5O3. The number of nitrogens with zero attached hydrogens (tertiary/aromatic N) is 3. The second kappa shape index (κ2) is 14.9. The van der Waals surface area contributed by atoms with Crippen LogP contribution in [0.4, 0.5) is 0 Å². The van der Waals surface area contributed by atoms with E-state index in [4.69, 9.17) is 14.0 Å². The van der Waals surface area contributed by atoms with Crippen LogP contribution < -0.4 is 20.1 Å². The van der Waals surface area contributed by atoms with E-state index in [0.717, 1.165) is 48.2 Å². The van der Waals surface area contributed by atoms with E-state index in [0.29, 0.717) is 31.6 Å². The molecule has 0 aliphatic carbocycles. The number of ether oxygens (including phenoxy) is 2. The van der Waals surface area contributed by atoms with E-state index >= 15 is 0 Å². The highest BCUT2D eigenvalue weighted by molar-refractivity contribution is 14.0. The fourth-order valence-electron chi connectivity index (χ4n) is 3.03. The summed E-state index contributed by atoms with van der Waals surface area (Å²) in [5.41, 5.74) is 2.02. The van der Waals surface area contributed by atoms with Gasteiger partial charge in [0.15, 0.2) is 23.2 Å². The van der Waals surface area contributed by atoms with Gasteiger partial charge in [0, 0.05) is 26.2 Å². The molecule has 1 heterocycles. The van der Waals surface area contributed by atoms with Crippen molar-refractivity contribution in [2.45, 2.75) is 46.7 Å². The van der Waals surface area contributed by atoms with Gasteiger partial charge in [-0.3, -0.25) is 4.99 Å². The zero-order valence-electron chi connectivity index (χ0n) is 20.1. The number of hydrogen-bond acceptors (Lipinski definition) is 6. The highest BCUT2D eigenvalue weighted by Crippen LogP contribution is 2.28. The van der Waals surface area contributed by atoms with E-state index in [2.05, 4.69) is 53.4 Å². The molecule has 0 spiro atoms. The van der Waals surface area contributed by atoms with Crippen molar-refractivity contribution in [1.82, 2.24) is 20.7 Å². The molecule has 0 radical (unpaired) electrons. The number of aliphatic imine (C=N–C) groups is 1. The van der Waals surface area contributed by atoms with Gasteiger partial charge in [0.25, 0.3) is 0 Å². The van der Waals surface area contributed by atoms with Crippen molar-refractivity contribution in [3.63, 3.8) is 0 Å². The van der Waals surface area contributed by atoms with E-state index < -0.39 is 0 Å². The minimum absolute atomic E-state index is 0. The number of benzene rings is 1. The van der Waals surface area contributed by atoms with Crippen LogP contribution in [0.15, 0.2) is 33.8 Å². The molecule has 0 saturated carbocycles. The molecule has 0 atom stereocenters. The molecule has 1 aromatic carbocycles. The fourth-order valence-corrected chi connectivity index (χ4v) is 3.03. The number of likely N-dealkylation sites (N-methyl/N-ethyl adjacent to an activating group) is 1. The molecule has 0 amide bonds. The van der Waals surface area contributed by atoms with Crippen molar-refractivity contribution in [2.75, 3.05) is 40.4 Å². The summed E-state index contributed by atoms with van der Waals surface area (Å²) in [5.74, 6) is 3.28. The van der Waals surface area contributed by atoms with Gasteiger partial charge in [0.05, 0.1) is 19.3 Å². The summed E-state index contributed by atoms with van der Waals surface area (Å²) in [4.78, 5) is 6.59. The third-order valence-electron chi connectivity index (χ3n) is 5.07. The topological polar surface area (TPSA) is 84.2 Å². The average molecular weight is 559 g/mol. The standard InChI is InChI=1S/C23H37N5O3.HI/c1-7-28(8-2)11-12-30-21-10-9-18(13-22(21)29-6)15-25-23(24-5)26-16-19-14-20(17(3)4)27-31-19;/h9-10,13-14,17H,7-8,11-12,15-16H2,1-6H3,(H2,24,25,26);1H. The number of nitrogens with one attached hydrogen (secondary N) is 2. The van der Waals surface area contributed by atoms with Crippen molar-refractivity contribution in [3.05, 3.63) is 41.3 Å². The Hall–Kier alpha value is -2.01. The summed E-state index contributed by atoms with van der Waals surface area (Å²) in [6.45, 7) is 13.2. The fraction of sp³-hybridized carbons (Fsp3) is 0.565. The first-order valence-corrected chi connectivity index (χ1v) is 10.9. The van der Waals surface area contributed by atoms with Crippen LogP contribution in [-0.2, 0) is 13.1 Å². The maximum absolute atomic E-state index is 5.93. The van der Waals surface area contributed by atoms with Gasteiger partial charge in [-0.15, -0.1) is 24.0 Å². The van der Waals surface area contributed by atoms with E-state index in [1.807, 2.05) is 24.3 Å². The summed E-state index contributed by atoms with van der Waals surface area (Å²) < 4.78 is 16.8. The quantitative estimate of drug-likeness (QED) is 0.231. The van der Waals surface area contributed by atoms with E-state index in [9.17, 15) is 0 Å². The summed E-state index contributed by atoms with van der Waals surface area (Å²) in [5, 5.41) is 10.6. The van der Waals surface area contributed by atoms with E-state index in [1.54, 1.807) is 14.2 Å². The lowest BCUT2D eigenvalue weighted by molar-refractivity contribution is 0.217. The Kier molecular flexibility index (Phi) is 13.1. The Morgan fingerprint density at radius 3 is 2.44 bits per heavy atom. The van der Waals surface area contributed by atoms with Gasteiger partial charge in [-0.2, -0.15) is 0 Å². The summed E-state index contributed by atoms with van der Waals surface area (Å²) in [7, 11) is 3.40. The summed E-state index contributed by atoms with van der Waals surface area (Å²) in [6.07, 6.45) is 0. The molecule has 0 saturated heterocycles. The monoisotopic (exact) mass is 559 g/mol. The van der Waals surface area contributed by atoms with Crippen LogP contribution in [0, 0.1) is 0 Å². The molecule has 2 N–H and O–H groups in total. The third kappa shape index (κ3) is 8.85. The van der Waals surface area contributed by atoms with Crippen molar-refractivity contribution >= 4 is 29.9 Å². The number of halogens is 1. The van der Waals surface area contributed by atoms with Gasteiger partial charge in [-0.1, -0.05) is 38.9 Å². The SMILES string of the molecule is CCN(CC)CCOc1ccc(CNC(=NC)NCc2cc(C(C)C)no2)cc1OC.I. The van der Waals surface area contributed by atoms with E-state index in [1.165, 1.54) is 0 Å². The second-order valence-corrected chi connectivity index (χ2v) is 7.51. The lowest BCUT2D eigenvalue weighted by atomic mass is 10.1. The first kappa shape index (κ1) is 28.0. The smallest absolute Gasteiger partial charge is 0.191 e. The zero-order chi connectivity index (χ0) is 22.6. The molecule has 9 heteroatoms. The van der Waals surface area contributed by atoms with Crippen LogP contribution in [-0.4, -0.2) is 56.4 Å². The van der Waals surface area contributed by atoms with Gasteiger partial charge in [-0.05, 0) is 36.7 Å². The molecule has 8 nitrogen and oxygen atoms in total. The first-order chi connectivity index (χ1) is 15.0. The van der Waals surface area contributed by atoms with Crippen molar-refractivity contribution in [2.24, 2.45) is 4.99 Å². The molecule has 1 aromatic heterocycles. The molecular weight excluding hydrogens is 521 g/mol. The normalized spacial score (nSPS) is 11.4. The number of aromatic nitrogens is 1. The molecule has 2 rings (SSSR count). The first-order valence-electron chi connectivity index (χ1n) is 10.9. The minimum atomic E-state index is 0. The molecule has 0 aliphatic heterocycles. The average Bonchev–Trinajstić information content (AvgIpc) is 3.27. The second-order valence-electron chi connectivity index (χ2n) is 7.51. The van der Waals surface area contributed by atoms with Crippen LogP contribution in [0.3, 0.4) is 0 Å². The molecule has 2 aromatic rings. The largest absolute Gasteiger partial charge is 0.493 e. The van der Waals surface area contributed by atoms with Crippen molar-refractivity contribution in [3.8, 4) is 11.5 Å². The van der Waals surface area contributed by atoms with Crippen molar-refractivity contribution < 1.29 is 14.0 Å². The Bertz CT molecular complexity index is 822. The maximum Gasteiger partial charge on any atom is 0.191 e. The summed E-state index contributed by atoms with van der Waals surface area (Å²) >= 11 is 0. The van der Waals surface area contributed by atoms with Crippen LogP contribution in [0.2, 0.25) is 0 Å². The number of guanidine groups is 1. The number of rotatable bonds is 12. The predicted molar refractivity (Wildman–Crippen MR) is 139 cm³/mol. The Labute approximate surface area is 209 Å². The highest BCUT2D eigenvalue weighted by Gasteiger charge is 2.10. The zero-order valence-corrected chi connectivity index (χ0v) is 22.4. The maximum atomic E-state index is 5.93. The van der Waals surface area contributed by atoms with Crippen LogP contribution >= 0.6 is 24.0 Å². The number of methoxy groups -OCH3 is 1. The van der Waals surface area contributed by atoms with Crippen LogP contribution in [0.1, 0.15) is 50.6 Å². The highest BCUT2D eigenvalue weighted by atomic mass is 127. The molecule has 32 heavy (non-hydrogen) atoms. The Morgan fingerprint density at radius 1 is 1.12 bits per heavy atom. The predicted octanol–water partition coefficient (Wildman–Crippen LogP) is 4.01. The van der Waals surface area contributed by atoms with Gasteiger partial charge >= 0.3 is 0 Å². The van der Waals surface area contributed by atoms with Crippen molar-refractivity contribution in [1.29, 1.82) is 0 Å². The summed E-state index contributed by atoms with van der Waals surface area (Å²) in [6, 6.07) is 7.93. The van der Waals surface area contributed by atoms with Crippen LogP contribution in [0.5, 0.6) is 11.5 Å². The van der Waals surface area contributed by atoms with Gasteiger partial charge in [0.1, 0.15) is 6.61 Å². The molecule has 0 fully saturated rings. The molecule has 0 unspecified atom stereocenters. The lowest BCUT2D eigenvalue weighted by Gasteiger charge is -2.19. The lowest BCUT2D eigenvalue weighted by Crippen LogP contribution is -2.36.